The highest BCUT2D eigenvalue weighted by atomic mass is 35.5. The Bertz CT molecular complexity index is 361. The van der Waals surface area contributed by atoms with Gasteiger partial charge in [-0.25, -0.2) is 0 Å². The van der Waals surface area contributed by atoms with Crippen molar-refractivity contribution in [3.8, 4) is 11.5 Å². The average molecular weight is 231 g/mol. The second-order valence-electron chi connectivity index (χ2n) is 4.02. The van der Waals surface area contributed by atoms with Crippen molar-refractivity contribution in [2.45, 2.75) is 19.3 Å². The van der Waals surface area contributed by atoms with Gasteiger partial charge in [0.15, 0.2) is 11.5 Å². The summed E-state index contributed by atoms with van der Waals surface area (Å²) in [6.07, 6.45) is 0. The molecule has 0 fully saturated rings. The second-order valence-corrected chi connectivity index (χ2v) is 4.42. The van der Waals surface area contributed by atoms with Crippen molar-refractivity contribution in [1.29, 1.82) is 0 Å². The van der Waals surface area contributed by atoms with Crippen molar-refractivity contribution >= 4 is 11.6 Å². The number of phenolic OH excluding ortho intramolecular Hbond substituents is 1. The van der Waals surface area contributed by atoms with Crippen LogP contribution in [0.25, 0.3) is 0 Å². The van der Waals surface area contributed by atoms with Crippen LogP contribution in [-0.4, -0.2) is 23.9 Å². The molecule has 0 saturated heterocycles. The Balaban J connectivity index is 3.39. The number of phenols is 1. The van der Waals surface area contributed by atoms with Crippen LogP contribution in [0.2, 0.25) is 5.02 Å². The number of methoxy groups -OCH3 is 1. The third-order valence-corrected chi connectivity index (χ3v) is 2.70. The van der Waals surface area contributed by atoms with Gasteiger partial charge in [-0.3, -0.25) is 0 Å². The summed E-state index contributed by atoms with van der Waals surface area (Å²) >= 11 is 6.00. The SMILES string of the molecule is COc1ccc(Cl)c(C(C)(C)CO)c1O. The number of rotatable bonds is 3. The van der Waals surface area contributed by atoms with Crippen molar-refractivity contribution in [3.05, 3.63) is 22.7 Å². The Hall–Kier alpha value is -0.930. The smallest absolute Gasteiger partial charge is 0.163 e. The lowest BCUT2D eigenvalue weighted by atomic mass is 9.84. The van der Waals surface area contributed by atoms with Crippen LogP contribution < -0.4 is 4.74 Å². The molecule has 0 aromatic heterocycles. The Kier molecular flexibility index (Phi) is 3.47. The van der Waals surface area contributed by atoms with Gasteiger partial charge in [0.2, 0.25) is 0 Å². The minimum Gasteiger partial charge on any atom is -0.504 e. The fourth-order valence-electron chi connectivity index (χ4n) is 1.43. The standard InChI is InChI=1S/C11H15ClO3/c1-11(2,6-13)9-7(12)4-5-8(15-3)10(9)14/h4-5,13-14H,6H2,1-3H3. The maximum atomic E-state index is 9.92. The van der Waals surface area contributed by atoms with Gasteiger partial charge in [0.25, 0.3) is 0 Å². The fraction of sp³-hybridized carbons (Fsp3) is 0.455. The first-order valence-corrected chi connectivity index (χ1v) is 4.98. The van der Waals surface area contributed by atoms with E-state index in [-0.39, 0.29) is 12.4 Å². The summed E-state index contributed by atoms with van der Waals surface area (Å²) in [5.41, 5.74) is -0.0959. The maximum absolute atomic E-state index is 9.92. The van der Waals surface area contributed by atoms with Gasteiger partial charge >= 0.3 is 0 Å². The van der Waals surface area contributed by atoms with Crippen LogP contribution in [0.1, 0.15) is 19.4 Å². The van der Waals surface area contributed by atoms with Gasteiger partial charge in [0.1, 0.15) is 0 Å². The van der Waals surface area contributed by atoms with E-state index < -0.39 is 5.41 Å². The van der Waals surface area contributed by atoms with Crippen LogP contribution in [0.15, 0.2) is 12.1 Å². The number of aliphatic hydroxyl groups is 1. The number of ether oxygens (including phenoxy) is 1. The Labute approximate surface area is 94.3 Å². The molecule has 15 heavy (non-hydrogen) atoms. The first-order valence-electron chi connectivity index (χ1n) is 4.61. The van der Waals surface area contributed by atoms with Crippen LogP contribution in [0.4, 0.5) is 0 Å². The van der Waals surface area contributed by atoms with Crippen molar-refractivity contribution in [2.24, 2.45) is 0 Å². The van der Waals surface area contributed by atoms with E-state index in [4.69, 9.17) is 16.3 Å². The van der Waals surface area contributed by atoms with Crippen molar-refractivity contribution in [1.82, 2.24) is 0 Å². The van der Waals surface area contributed by atoms with E-state index >= 15 is 0 Å². The predicted molar refractivity (Wildman–Crippen MR) is 59.8 cm³/mol. The topological polar surface area (TPSA) is 49.7 Å². The molecular formula is C11H15ClO3. The van der Waals surface area contributed by atoms with Crippen LogP contribution in [0.5, 0.6) is 11.5 Å². The third kappa shape index (κ3) is 2.19. The molecular weight excluding hydrogens is 216 g/mol. The molecule has 1 aromatic carbocycles. The normalized spacial score (nSPS) is 11.5. The Morgan fingerprint density at radius 2 is 2.00 bits per heavy atom. The van der Waals surface area contributed by atoms with Crippen LogP contribution in [0.3, 0.4) is 0 Å². The first kappa shape index (κ1) is 12.1. The summed E-state index contributed by atoms with van der Waals surface area (Å²) in [5.74, 6) is 0.347. The number of hydrogen-bond acceptors (Lipinski definition) is 3. The summed E-state index contributed by atoms with van der Waals surface area (Å²) in [4.78, 5) is 0. The van der Waals surface area contributed by atoms with Gasteiger partial charge in [0, 0.05) is 16.0 Å². The van der Waals surface area contributed by atoms with Crippen LogP contribution in [-0.2, 0) is 5.41 Å². The number of aliphatic hydroxyl groups excluding tert-OH is 1. The molecule has 1 rings (SSSR count). The maximum Gasteiger partial charge on any atom is 0.163 e. The monoisotopic (exact) mass is 230 g/mol. The minimum absolute atomic E-state index is 0.0101. The molecule has 3 nitrogen and oxygen atoms in total. The summed E-state index contributed by atoms with van der Waals surface area (Å²) < 4.78 is 4.99. The van der Waals surface area contributed by atoms with E-state index in [1.807, 2.05) is 0 Å². The summed E-state index contributed by atoms with van der Waals surface area (Å²) in [5, 5.41) is 19.6. The van der Waals surface area contributed by atoms with E-state index in [0.717, 1.165) is 0 Å². The molecule has 0 radical (unpaired) electrons. The van der Waals surface area contributed by atoms with Gasteiger partial charge in [-0.05, 0) is 12.1 Å². The molecule has 4 heteroatoms. The first-order chi connectivity index (χ1) is 6.94. The van der Waals surface area contributed by atoms with Crippen molar-refractivity contribution in [3.63, 3.8) is 0 Å². The number of halogens is 1. The van der Waals surface area contributed by atoms with Gasteiger partial charge in [-0.15, -0.1) is 0 Å². The van der Waals surface area contributed by atoms with Crippen molar-refractivity contribution < 1.29 is 14.9 Å². The van der Waals surface area contributed by atoms with E-state index in [9.17, 15) is 10.2 Å². The molecule has 84 valence electrons. The second kappa shape index (κ2) is 4.29. The lowest BCUT2D eigenvalue weighted by molar-refractivity contribution is 0.214. The van der Waals surface area contributed by atoms with E-state index in [1.165, 1.54) is 7.11 Å². The largest absolute Gasteiger partial charge is 0.504 e. The van der Waals surface area contributed by atoms with Gasteiger partial charge in [0.05, 0.1) is 13.7 Å². The highest BCUT2D eigenvalue weighted by Gasteiger charge is 2.27. The molecule has 1 aromatic rings. The molecule has 0 unspecified atom stereocenters. The Morgan fingerprint density at radius 3 is 2.47 bits per heavy atom. The lowest BCUT2D eigenvalue weighted by Gasteiger charge is -2.25. The number of benzene rings is 1. The minimum atomic E-state index is -0.601. The van der Waals surface area contributed by atoms with Crippen molar-refractivity contribution in [2.75, 3.05) is 13.7 Å². The van der Waals surface area contributed by atoms with Gasteiger partial charge in [-0.1, -0.05) is 25.4 Å². The summed E-state index contributed by atoms with van der Waals surface area (Å²) in [7, 11) is 1.47. The van der Waals surface area contributed by atoms with Crippen LogP contribution >= 0.6 is 11.6 Å². The van der Waals surface area contributed by atoms with E-state index in [1.54, 1.807) is 26.0 Å². The molecule has 0 aliphatic heterocycles. The zero-order valence-electron chi connectivity index (χ0n) is 9.04. The molecule has 0 atom stereocenters. The number of hydrogen-bond donors (Lipinski definition) is 2. The van der Waals surface area contributed by atoms with E-state index in [0.29, 0.717) is 16.3 Å². The predicted octanol–water partition coefficient (Wildman–Crippen LogP) is 2.32. The fourth-order valence-corrected chi connectivity index (χ4v) is 1.84. The highest BCUT2D eigenvalue weighted by Crippen LogP contribution is 2.41. The number of aromatic hydroxyl groups is 1. The highest BCUT2D eigenvalue weighted by molar-refractivity contribution is 6.31. The molecule has 2 N–H and O–H groups in total. The molecule has 0 spiro atoms. The molecule has 0 aliphatic carbocycles. The summed E-state index contributed by atoms with van der Waals surface area (Å²) in [6, 6.07) is 3.24. The quantitative estimate of drug-likeness (QED) is 0.838. The molecule has 0 aliphatic rings. The van der Waals surface area contributed by atoms with E-state index in [2.05, 4.69) is 0 Å². The molecule has 0 amide bonds. The zero-order valence-corrected chi connectivity index (χ0v) is 9.80. The average Bonchev–Trinajstić information content (AvgIpc) is 2.18. The zero-order chi connectivity index (χ0) is 11.6. The Morgan fingerprint density at radius 1 is 1.40 bits per heavy atom. The summed E-state index contributed by atoms with van der Waals surface area (Å²) in [6.45, 7) is 3.49. The molecule has 0 heterocycles. The van der Waals surface area contributed by atoms with Gasteiger partial charge < -0.3 is 14.9 Å². The molecule has 0 bridgehead atoms. The van der Waals surface area contributed by atoms with Crippen LogP contribution in [0, 0.1) is 0 Å². The van der Waals surface area contributed by atoms with Gasteiger partial charge in [-0.2, -0.15) is 0 Å². The third-order valence-electron chi connectivity index (χ3n) is 2.38. The molecule has 0 saturated carbocycles. The lowest BCUT2D eigenvalue weighted by Crippen LogP contribution is -2.22.